The third kappa shape index (κ3) is 6.60. The van der Waals surface area contributed by atoms with Crippen LogP contribution in [0.3, 0.4) is 0 Å². The van der Waals surface area contributed by atoms with E-state index in [9.17, 15) is 22.8 Å². The van der Waals surface area contributed by atoms with Gasteiger partial charge in [0.2, 0.25) is 5.91 Å². The summed E-state index contributed by atoms with van der Waals surface area (Å²) in [6.07, 6.45) is 1.38. The summed E-state index contributed by atoms with van der Waals surface area (Å²) in [5.74, 6) is -0.0777. The van der Waals surface area contributed by atoms with Crippen molar-refractivity contribution in [2.75, 3.05) is 39.1 Å². The van der Waals surface area contributed by atoms with Gasteiger partial charge in [0, 0.05) is 37.0 Å². The van der Waals surface area contributed by atoms with Crippen molar-refractivity contribution in [3.8, 4) is 5.75 Å². The maximum atomic E-state index is 13.2. The molecule has 9 nitrogen and oxygen atoms in total. The van der Waals surface area contributed by atoms with Crippen molar-refractivity contribution in [2.24, 2.45) is 0 Å². The first kappa shape index (κ1) is 26.5. The summed E-state index contributed by atoms with van der Waals surface area (Å²) in [6, 6.07) is 9.92. The highest BCUT2D eigenvalue weighted by atomic mass is 32.2. The van der Waals surface area contributed by atoms with E-state index in [1.807, 2.05) is 18.2 Å². The molecule has 2 N–H and O–H groups in total. The third-order valence-electron chi connectivity index (χ3n) is 5.75. The first-order valence-corrected chi connectivity index (χ1v) is 12.0. The number of nitrogens with zero attached hydrogens (tertiary/aromatic N) is 4. The molecule has 4 rings (SSSR count). The largest absolute Gasteiger partial charge is 0.484 e. The summed E-state index contributed by atoms with van der Waals surface area (Å²) in [5, 5.41) is 0.721. The maximum absolute atomic E-state index is 13.2. The first-order valence-electron chi connectivity index (χ1n) is 11.2. The van der Waals surface area contributed by atoms with E-state index >= 15 is 0 Å². The number of hydrogen-bond acceptors (Lipinski definition) is 8. The molecular formula is C24H24F3N5O4S. The molecule has 1 aliphatic heterocycles. The van der Waals surface area contributed by atoms with Crippen molar-refractivity contribution in [1.82, 2.24) is 19.8 Å². The van der Waals surface area contributed by atoms with Gasteiger partial charge in [-0.25, -0.2) is 9.97 Å². The number of alkyl halides is 3. The number of carbonyl (C=O) groups is 2. The molecule has 0 spiro atoms. The highest BCUT2D eigenvalue weighted by Crippen LogP contribution is 2.37. The summed E-state index contributed by atoms with van der Waals surface area (Å²) in [4.78, 5) is 37.4. The highest BCUT2D eigenvalue weighted by molar-refractivity contribution is 8.00. The Bertz CT molecular complexity index is 1280. The van der Waals surface area contributed by atoms with Gasteiger partial charge in [0.1, 0.15) is 23.9 Å². The molecule has 0 radical (unpaired) electrons. The Kier molecular flexibility index (Phi) is 8.03. The number of methoxy groups -OCH3 is 1. The minimum absolute atomic E-state index is 0.00587. The van der Waals surface area contributed by atoms with Gasteiger partial charge in [-0.1, -0.05) is 6.07 Å². The third-order valence-corrected chi connectivity index (χ3v) is 6.49. The number of thioether (sulfide) groups is 1. The Balaban J connectivity index is 1.38. The van der Waals surface area contributed by atoms with Crippen molar-refractivity contribution >= 4 is 40.3 Å². The normalized spacial score (nSPS) is 16.3. The predicted molar refractivity (Wildman–Crippen MR) is 131 cm³/mol. The van der Waals surface area contributed by atoms with E-state index in [-0.39, 0.29) is 48.1 Å². The van der Waals surface area contributed by atoms with Crippen LogP contribution in [0.5, 0.6) is 5.75 Å². The topological polar surface area (TPSA) is 111 Å². The number of hydrogen-bond donors (Lipinski definition) is 1. The van der Waals surface area contributed by atoms with Gasteiger partial charge in [0.05, 0.1) is 12.1 Å². The molecule has 1 aromatic heterocycles. The van der Waals surface area contributed by atoms with E-state index in [0.29, 0.717) is 24.4 Å². The van der Waals surface area contributed by atoms with Crippen LogP contribution in [0.2, 0.25) is 0 Å². The zero-order chi connectivity index (χ0) is 26.6. The Labute approximate surface area is 214 Å². The number of ether oxygens (including phenoxy) is 2. The van der Waals surface area contributed by atoms with Crippen LogP contribution in [0.4, 0.5) is 19.0 Å². The summed E-state index contributed by atoms with van der Waals surface area (Å²) in [6.45, 7) is 0.528. The monoisotopic (exact) mass is 535 g/mol. The standard InChI is InChI=1S/C24H24F3N5O4S/c1-35-12-20-23(34)31(11-15-2-7-18-19(10-15)29-14-30-22(18)28)8-9-32(20)21(33)13-36-16-3-5-17(6-4-16)37-24(25,26)27/h2-7,10,14,20H,8-9,11-13H2,1H3,(H2,28,29,30). The molecule has 37 heavy (non-hydrogen) atoms. The first-order chi connectivity index (χ1) is 17.6. The van der Waals surface area contributed by atoms with Crippen LogP contribution in [0, 0.1) is 0 Å². The number of fused-ring (bicyclic) bond motifs is 1. The average molecular weight is 536 g/mol. The van der Waals surface area contributed by atoms with Crippen LogP contribution in [0.1, 0.15) is 5.56 Å². The Hall–Kier alpha value is -3.58. The molecule has 0 saturated carbocycles. The lowest BCUT2D eigenvalue weighted by molar-refractivity contribution is -0.155. The van der Waals surface area contributed by atoms with Crippen molar-refractivity contribution in [1.29, 1.82) is 0 Å². The molecule has 1 atom stereocenters. The predicted octanol–water partition coefficient (Wildman–Crippen LogP) is 3.09. The van der Waals surface area contributed by atoms with Crippen molar-refractivity contribution in [3.63, 3.8) is 0 Å². The quantitative estimate of drug-likeness (QED) is 0.438. The zero-order valence-corrected chi connectivity index (χ0v) is 20.6. The molecule has 2 amide bonds. The number of piperazine rings is 1. The minimum Gasteiger partial charge on any atom is -0.484 e. The molecule has 1 unspecified atom stereocenters. The summed E-state index contributed by atoms with van der Waals surface area (Å²) >= 11 is -0.234. The van der Waals surface area contributed by atoms with Gasteiger partial charge in [0.15, 0.2) is 6.61 Å². The van der Waals surface area contributed by atoms with Crippen LogP contribution in [0.25, 0.3) is 10.9 Å². The summed E-state index contributed by atoms with van der Waals surface area (Å²) < 4.78 is 48.2. The van der Waals surface area contributed by atoms with Gasteiger partial charge < -0.3 is 25.0 Å². The maximum Gasteiger partial charge on any atom is 0.446 e. The lowest BCUT2D eigenvalue weighted by Crippen LogP contribution is -2.60. The highest BCUT2D eigenvalue weighted by Gasteiger charge is 2.37. The van der Waals surface area contributed by atoms with Gasteiger partial charge in [-0.3, -0.25) is 9.59 Å². The van der Waals surface area contributed by atoms with Crippen molar-refractivity contribution in [3.05, 3.63) is 54.4 Å². The summed E-state index contributed by atoms with van der Waals surface area (Å²) in [5.41, 5.74) is 3.01. The second-order valence-electron chi connectivity index (χ2n) is 8.24. The van der Waals surface area contributed by atoms with Crippen molar-refractivity contribution < 1.29 is 32.2 Å². The average Bonchev–Trinajstić information content (AvgIpc) is 2.85. The second-order valence-corrected chi connectivity index (χ2v) is 9.37. The molecule has 1 aliphatic rings. The fourth-order valence-corrected chi connectivity index (χ4v) is 4.56. The van der Waals surface area contributed by atoms with Crippen LogP contribution in [-0.2, 0) is 20.9 Å². The van der Waals surface area contributed by atoms with E-state index in [2.05, 4.69) is 9.97 Å². The molecule has 0 bridgehead atoms. The van der Waals surface area contributed by atoms with E-state index < -0.39 is 17.5 Å². The van der Waals surface area contributed by atoms with Gasteiger partial charge >= 0.3 is 5.51 Å². The second kappa shape index (κ2) is 11.2. The van der Waals surface area contributed by atoms with Crippen molar-refractivity contribution in [2.45, 2.75) is 23.0 Å². The Morgan fingerprint density at radius 1 is 1.16 bits per heavy atom. The van der Waals surface area contributed by atoms with Gasteiger partial charge in [-0.05, 0) is 53.7 Å². The SMILES string of the molecule is COCC1C(=O)N(Cc2ccc3c(N)ncnc3c2)CCN1C(=O)COc1ccc(SC(F)(F)F)cc1. The molecule has 1 fully saturated rings. The minimum atomic E-state index is -4.39. The molecule has 196 valence electrons. The molecule has 2 heterocycles. The van der Waals surface area contributed by atoms with Crippen LogP contribution in [0.15, 0.2) is 53.7 Å². The fourth-order valence-electron chi connectivity index (χ4n) is 4.02. The summed E-state index contributed by atoms with van der Waals surface area (Å²) in [7, 11) is 1.44. The molecule has 3 aromatic rings. The number of rotatable bonds is 8. The smallest absolute Gasteiger partial charge is 0.446 e. The Morgan fingerprint density at radius 3 is 2.62 bits per heavy atom. The van der Waals surface area contributed by atoms with Crippen LogP contribution >= 0.6 is 11.8 Å². The van der Waals surface area contributed by atoms with E-state index in [4.69, 9.17) is 15.2 Å². The zero-order valence-electron chi connectivity index (χ0n) is 19.8. The van der Waals surface area contributed by atoms with Gasteiger partial charge in [0.25, 0.3) is 5.91 Å². The Morgan fingerprint density at radius 2 is 1.92 bits per heavy atom. The van der Waals surface area contributed by atoms with E-state index in [0.717, 1.165) is 10.9 Å². The lowest BCUT2D eigenvalue weighted by atomic mass is 10.1. The van der Waals surface area contributed by atoms with Crippen LogP contribution in [-0.4, -0.2) is 76.5 Å². The lowest BCUT2D eigenvalue weighted by Gasteiger charge is -2.40. The number of nitrogen functional groups attached to an aromatic ring is 1. The van der Waals surface area contributed by atoms with E-state index in [1.165, 1.54) is 42.6 Å². The number of halogens is 3. The number of aromatic nitrogens is 2. The number of amides is 2. The number of benzene rings is 2. The molecular weight excluding hydrogens is 511 g/mol. The molecule has 1 saturated heterocycles. The number of nitrogens with two attached hydrogens (primary N) is 1. The number of carbonyl (C=O) groups excluding carboxylic acids is 2. The van der Waals surface area contributed by atoms with Gasteiger partial charge in [-0.15, -0.1) is 0 Å². The van der Waals surface area contributed by atoms with Gasteiger partial charge in [-0.2, -0.15) is 13.2 Å². The van der Waals surface area contributed by atoms with E-state index in [1.54, 1.807) is 4.90 Å². The van der Waals surface area contributed by atoms with Crippen LogP contribution < -0.4 is 10.5 Å². The molecule has 0 aliphatic carbocycles. The molecule has 13 heteroatoms. The fraction of sp³-hybridized carbons (Fsp3) is 0.333. The number of anilines is 1. The molecule has 2 aromatic carbocycles.